The number of nitrogens with zero attached hydrogens (tertiary/aromatic N) is 2. The van der Waals surface area contributed by atoms with E-state index in [1.54, 1.807) is 35.6 Å². The summed E-state index contributed by atoms with van der Waals surface area (Å²) in [6.07, 6.45) is 3.42. The van der Waals surface area contributed by atoms with Crippen LogP contribution in [0.15, 0.2) is 12.4 Å². The molecule has 6 nitrogen and oxygen atoms in total. The SMILES string of the molecule is C[n+]1cc(-c2c(O)c(Cl)c(Cl)c(O)c2Cl)sc1-c1sc(-c2c(O)c(Cl)c(Cl)c(O)c2Cl)c[n+]1C. The van der Waals surface area contributed by atoms with Crippen LogP contribution < -0.4 is 9.13 Å². The van der Waals surface area contributed by atoms with Crippen molar-refractivity contribution < 1.29 is 29.6 Å². The summed E-state index contributed by atoms with van der Waals surface area (Å²) < 4.78 is 3.58. The average molecular weight is 621 g/mol. The maximum absolute atomic E-state index is 10.5. The van der Waals surface area contributed by atoms with Crippen molar-refractivity contribution in [1.82, 2.24) is 0 Å². The number of aromatic hydroxyl groups is 4. The van der Waals surface area contributed by atoms with Gasteiger partial charge < -0.3 is 20.4 Å². The van der Waals surface area contributed by atoms with Crippen LogP contribution in [-0.2, 0) is 14.1 Å². The standard InChI is InChI=1S/C20H10Cl6N2O4S2/c1-27-3-5(7-9(21)17(31)13(25)11(23)15(7)29)33-19(27)20-28(2)4-6(34-20)8-10(22)18(32)14(26)12(24)16(8)30/h3-4H,1-2H3,(H2,29,30,31,32)/p+2. The number of aromatic nitrogens is 2. The molecule has 34 heavy (non-hydrogen) atoms. The fourth-order valence-electron chi connectivity index (χ4n) is 3.22. The number of thiazole rings is 2. The van der Waals surface area contributed by atoms with Crippen molar-refractivity contribution in [3.05, 3.63) is 42.5 Å². The average Bonchev–Trinajstić information content (AvgIpc) is 3.35. The molecule has 0 fully saturated rings. The molecule has 4 rings (SSSR count). The van der Waals surface area contributed by atoms with Gasteiger partial charge in [0, 0.05) is 0 Å². The molecule has 0 aliphatic carbocycles. The highest BCUT2D eigenvalue weighted by Crippen LogP contribution is 2.54. The Bertz CT molecular complexity index is 1330. The van der Waals surface area contributed by atoms with Gasteiger partial charge in [-0.05, 0) is 0 Å². The number of aryl methyl sites for hydroxylation is 2. The molecule has 0 atom stereocenters. The molecule has 0 bridgehead atoms. The van der Waals surface area contributed by atoms with Crippen LogP contribution >= 0.6 is 92.3 Å². The largest absolute Gasteiger partial charge is 0.506 e. The first kappa shape index (κ1) is 25.7. The van der Waals surface area contributed by atoms with Crippen molar-refractivity contribution in [2.45, 2.75) is 0 Å². The Balaban J connectivity index is 1.89. The third-order valence-electron chi connectivity index (χ3n) is 4.90. The minimum absolute atomic E-state index is 0.134. The zero-order valence-electron chi connectivity index (χ0n) is 16.9. The second kappa shape index (κ2) is 9.26. The maximum atomic E-state index is 10.5. The maximum Gasteiger partial charge on any atom is 0.346 e. The highest BCUT2D eigenvalue weighted by Gasteiger charge is 2.33. The van der Waals surface area contributed by atoms with E-state index in [0.29, 0.717) is 9.75 Å². The van der Waals surface area contributed by atoms with E-state index in [-0.39, 0.29) is 52.8 Å². The molecule has 2 heterocycles. The van der Waals surface area contributed by atoms with Crippen molar-refractivity contribution in [2.75, 3.05) is 0 Å². The lowest BCUT2D eigenvalue weighted by Gasteiger charge is -2.09. The Morgan fingerprint density at radius 3 is 1.15 bits per heavy atom. The number of halogens is 6. The highest BCUT2D eigenvalue weighted by atomic mass is 35.5. The van der Waals surface area contributed by atoms with E-state index in [0.717, 1.165) is 10.0 Å². The molecule has 0 spiro atoms. The summed E-state index contributed by atoms with van der Waals surface area (Å²) in [4.78, 5) is 1.02. The van der Waals surface area contributed by atoms with Crippen LogP contribution in [-0.4, -0.2) is 20.4 Å². The molecule has 2 aromatic carbocycles. The van der Waals surface area contributed by atoms with Crippen molar-refractivity contribution in [3.63, 3.8) is 0 Å². The van der Waals surface area contributed by atoms with E-state index in [1.165, 1.54) is 22.7 Å². The van der Waals surface area contributed by atoms with E-state index in [1.807, 2.05) is 0 Å². The van der Waals surface area contributed by atoms with Crippen LogP contribution in [0.3, 0.4) is 0 Å². The van der Waals surface area contributed by atoms with E-state index in [9.17, 15) is 20.4 Å². The Labute approximate surface area is 230 Å². The molecular formula is C20H12Cl6N2O4S2+2. The lowest BCUT2D eigenvalue weighted by molar-refractivity contribution is -0.684. The smallest absolute Gasteiger partial charge is 0.346 e. The van der Waals surface area contributed by atoms with Crippen LogP contribution in [0, 0.1) is 0 Å². The minimum atomic E-state index is -0.438. The van der Waals surface area contributed by atoms with Gasteiger partial charge in [0.05, 0.1) is 21.2 Å². The molecule has 0 saturated carbocycles. The van der Waals surface area contributed by atoms with Crippen molar-refractivity contribution in [2.24, 2.45) is 14.1 Å². The van der Waals surface area contributed by atoms with Gasteiger partial charge in [-0.1, -0.05) is 92.3 Å². The zero-order chi connectivity index (χ0) is 25.2. The first-order chi connectivity index (χ1) is 15.9. The van der Waals surface area contributed by atoms with Crippen LogP contribution in [0.5, 0.6) is 23.0 Å². The predicted molar refractivity (Wildman–Crippen MR) is 138 cm³/mol. The summed E-state index contributed by atoms with van der Waals surface area (Å²) >= 11 is 39.0. The lowest BCUT2D eigenvalue weighted by Crippen LogP contribution is -2.34. The number of phenols is 4. The summed E-state index contributed by atoms with van der Waals surface area (Å²) in [6.45, 7) is 0. The van der Waals surface area contributed by atoms with E-state index in [2.05, 4.69) is 0 Å². The third kappa shape index (κ3) is 3.94. The Kier molecular flexibility index (Phi) is 7.01. The van der Waals surface area contributed by atoms with E-state index >= 15 is 0 Å². The first-order valence-corrected chi connectivity index (χ1v) is 12.9. The topological polar surface area (TPSA) is 88.7 Å². The molecule has 14 heteroatoms. The van der Waals surface area contributed by atoms with Crippen molar-refractivity contribution >= 4 is 92.3 Å². The molecule has 4 aromatic rings. The molecule has 4 N–H and O–H groups in total. The molecule has 0 aliphatic heterocycles. The fourth-order valence-corrected chi connectivity index (χ4v) is 7.28. The summed E-state index contributed by atoms with van der Waals surface area (Å²) in [5.41, 5.74) is 0.268. The van der Waals surface area contributed by atoms with Gasteiger partial charge >= 0.3 is 10.0 Å². The number of phenolic OH excluding ortho intramolecular Hbond substituents is 4. The summed E-state index contributed by atoms with van der Waals surface area (Å²) in [7, 11) is 3.57. The predicted octanol–water partition coefficient (Wildman–Crippen LogP) is 7.20. The molecule has 0 unspecified atom stereocenters. The molecular weight excluding hydrogens is 609 g/mol. The molecule has 0 aliphatic rings. The molecule has 0 saturated heterocycles. The normalized spacial score (nSPS) is 11.4. The van der Waals surface area contributed by atoms with Gasteiger partial charge in [-0.2, -0.15) is 9.13 Å². The van der Waals surface area contributed by atoms with Gasteiger partial charge in [0.1, 0.15) is 55.4 Å². The number of hydrogen-bond donors (Lipinski definition) is 4. The van der Waals surface area contributed by atoms with Gasteiger partial charge in [-0.25, -0.2) is 0 Å². The lowest BCUT2D eigenvalue weighted by atomic mass is 10.1. The third-order valence-corrected chi connectivity index (χ3v) is 9.84. The Morgan fingerprint density at radius 2 is 0.824 bits per heavy atom. The molecule has 2 aromatic heterocycles. The number of benzene rings is 2. The zero-order valence-corrected chi connectivity index (χ0v) is 23.1. The van der Waals surface area contributed by atoms with Gasteiger partial charge in [0.25, 0.3) is 0 Å². The summed E-state index contributed by atoms with van der Waals surface area (Å²) in [5.74, 6) is -1.59. The van der Waals surface area contributed by atoms with Gasteiger partial charge in [-0.3, -0.25) is 0 Å². The van der Waals surface area contributed by atoms with Crippen LogP contribution in [0.25, 0.3) is 30.9 Å². The van der Waals surface area contributed by atoms with Crippen LogP contribution in [0.2, 0.25) is 30.1 Å². The number of hydrogen-bond acceptors (Lipinski definition) is 6. The van der Waals surface area contributed by atoms with Crippen molar-refractivity contribution in [1.29, 1.82) is 0 Å². The first-order valence-electron chi connectivity index (χ1n) is 9.03. The van der Waals surface area contributed by atoms with Crippen LogP contribution in [0.4, 0.5) is 0 Å². The van der Waals surface area contributed by atoms with Gasteiger partial charge in [0.2, 0.25) is 0 Å². The molecule has 0 amide bonds. The van der Waals surface area contributed by atoms with E-state index < -0.39 is 11.5 Å². The molecule has 0 radical (unpaired) electrons. The Morgan fingerprint density at radius 1 is 0.529 bits per heavy atom. The van der Waals surface area contributed by atoms with Gasteiger partial charge in [0.15, 0.2) is 23.9 Å². The van der Waals surface area contributed by atoms with E-state index in [4.69, 9.17) is 69.6 Å². The highest BCUT2D eigenvalue weighted by molar-refractivity contribution is 7.24. The fraction of sp³-hybridized carbons (Fsp3) is 0.100. The second-order valence-corrected chi connectivity index (χ2v) is 11.4. The summed E-state index contributed by atoms with van der Waals surface area (Å²) in [5, 5.41) is 41.7. The second-order valence-electron chi connectivity index (χ2n) is 7.05. The van der Waals surface area contributed by atoms with Crippen molar-refractivity contribution in [3.8, 4) is 53.9 Å². The quantitative estimate of drug-likeness (QED) is 0.111. The minimum Gasteiger partial charge on any atom is -0.506 e. The summed E-state index contributed by atoms with van der Waals surface area (Å²) in [6, 6.07) is 0. The monoisotopic (exact) mass is 618 g/mol. The van der Waals surface area contributed by atoms with Crippen LogP contribution in [0.1, 0.15) is 0 Å². The number of rotatable bonds is 3. The molecule has 178 valence electrons. The van der Waals surface area contributed by atoms with Gasteiger partial charge in [-0.15, -0.1) is 0 Å². The Hall–Kier alpha value is -1.36.